The predicted molar refractivity (Wildman–Crippen MR) is 109 cm³/mol. The van der Waals surface area contributed by atoms with Gasteiger partial charge in [0, 0.05) is 30.7 Å². The number of carbonyl (C=O) groups is 2. The lowest BCUT2D eigenvalue weighted by atomic mass is 10.0. The van der Waals surface area contributed by atoms with Crippen molar-refractivity contribution in [1.82, 2.24) is 15.5 Å². The van der Waals surface area contributed by atoms with E-state index < -0.39 is 11.8 Å². The minimum absolute atomic E-state index is 0.00949. The molecule has 6 nitrogen and oxygen atoms in total. The summed E-state index contributed by atoms with van der Waals surface area (Å²) in [7, 11) is 6.06. The number of hydrogen-bond donors (Lipinski definition) is 2. The van der Waals surface area contributed by atoms with Crippen LogP contribution in [-0.2, 0) is 22.6 Å². The van der Waals surface area contributed by atoms with E-state index in [2.05, 4.69) is 45.7 Å². The van der Waals surface area contributed by atoms with E-state index in [1.54, 1.807) is 11.3 Å². The highest BCUT2D eigenvalue weighted by molar-refractivity contribution is 7.09. The molecular weight excluding hydrogens is 360 g/mol. The topological polar surface area (TPSA) is 64.7 Å². The number of carbonyl (C=O) groups excluding carboxylic acids is 2. The summed E-state index contributed by atoms with van der Waals surface area (Å²) >= 11 is 1.55. The molecule has 1 unspecified atom stereocenters. The number of anilines is 1. The first kappa shape index (κ1) is 19.4. The van der Waals surface area contributed by atoms with Gasteiger partial charge in [0.15, 0.2) is 0 Å². The van der Waals surface area contributed by atoms with Crippen LogP contribution in [0, 0.1) is 0 Å². The van der Waals surface area contributed by atoms with Gasteiger partial charge < -0.3 is 20.4 Å². The SMILES string of the molecule is CN1CCc2cc(C(CNC(=O)C(=O)NCc3cccs3)N(C)C)ccc21. The molecule has 0 saturated heterocycles. The van der Waals surface area contributed by atoms with Crippen LogP contribution in [0.1, 0.15) is 22.0 Å². The van der Waals surface area contributed by atoms with E-state index in [1.807, 2.05) is 31.6 Å². The van der Waals surface area contributed by atoms with E-state index in [9.17, 15) is 9.59 Å². The molecular formula is C20H26N4O2S. The molecule has 0 fully saturated rings. The zero-order chi connectivity index (χ0) is 19.4. The summed E-state index contributed by atoms with van der Waals surface area (Å²) in [6.45, 7) is 1.79. The molecule has 1 aliphatic heterocycles. The number of fused-ring (bicyclic) bond motifs is 1. The molecule has 1 aromatic heterocycles. The molecule has 2 aromatic rings. The fourth-order valence-corrected chi connectivity index (χ4v) is 3.97. The lowest BCUT2D eigenvalue weighted by Crippen LogP contribution is -2.42. The second-order valence-electron chi connectivity index (χ2n) is 7.01. The van der Waals surface area contributed by atoms with E-state index in [-0.39, 0.29) is 6.04 Å². The molecule has 7 heteroatoms. The Balaban J connectivity index is 1.58. The number of nitrogens with one attached hydrogen (secondary N) is 2. The summed E-state index contributed by atoms with van der Waals surface area (Å²) in [6.07, 6.45) is 1.04. The Morgan fingerprint density at radius 2 is 2.00 bits per heavy atom. The number of benzene rings is 1. The molecule has 1 aliphatic rings. The number of thiophene rings is 1. The highest BCUT2D eigenvalue weighted by Crippen LogP contribution is 2.30. The maximum Gasteiger partial charge on any atom is 0.309 e. The van der Waals surface area contributed by atoms with Crippen molar-refractivity contribution in [2.45, 2.75) is 19.0 Å². The molecule has 1 atom stereocenters. The minimum atomic E-state index is -0.600. The van der Waals surface area contributed by atoms with Crippen molar-refractivity contribution in [2.75, 3.05) is 39.1 Å². The minimum Gasteiger partial charge on any atom is -0.374 e. The summed E-state index contributed by atoms with van der Waals surface area (Å²) in [4.78, 5) is 29.5. The third-order valence-corrected chi connectivity index (χ3v) is 5.78. The van der Waals surface area contributed by atoms with Crippen molar-refractivity contribution in [3.63, 3.8) is 0 Å². The van der Waals surface area contributed by atoms with Gasteiger partial charge in [0.05, 0.1) is 12.6 Å². The van der Waals surface area contributed by atoms with Crippen molar-refractivity contribution in [3.05, 3.63) is 51.7 Å². The summed E-state index contributed by atoms with van der Waals surface area (Å²) in [5, 5.41) is 7.37. The fourth-order valence-electron chi connectivity index (χ4n) is 3.32. The largest absolute Gasteiger partial charge is 0.374 e. The molecule has 0 spiro atoms. The van der Waals surface area contributed by atoms with Gasteiger partial charge in [-0.25, -0.2) is 0 Å². The van der Waals surface area contributed by atoms with Crippen LogP contribution in [0.4, 0.5) is 5.69 Å². The van der Waals surface area contributed by atoms with Gasteiger partial charge in [0.1, 0.15) is 0 Å². The Morgan fingerprint density at radius 1 is 1.22 bits per heavy atom. The highest BCUT2D eigenvalue weighted by atomic mass is 32.1. The number of likely N-dealkylation sites (N-methyl/N-ethyl adjacent to an activating group) is 2. The van der Waals surface area contributed by atoms with Gasteiger partial charge in [-0.1, -0.05) is 18.2 Å². The van der Waals surface area contributed by atoms with E-state index in [4.69, 9.17) is 0 Å². The Kier molecular flexibility index (Phi) is 6.13. The fraction of sp³-hybridized carbons (Fsp3) is 0.400. The lowest BCUT2D eigenvalue weighted by molar-refractivity contribution is -0.139. The quantitative estimate of drug-likeness (QED) is 0.743. The Bertz CT molecular complexity index is 804. The van der Waals surface area contributed by atoms with Crippen molar-refractivity contribution >= 4 is 28.8 Å². The Labute approximate surface area is 164 Å². The second kappa shape index (κ2) is 8.54. The first-order valence-electron chi connectivity index (χ1n) is 9.04. The summed E-state index contributed by atoms with van der Waals surface area (Å²) in [6, 6.07) is 10.3. The number of rotatable bonds is 6. The maximum atomic E-state index is 12.1. The number of amides is 2. The van der Waals surface area contributed by atoms with E-state index in [1.165, 1.54) is 11.3 Å². The molecule has 3 rings (SSSR count). The van der Waals surface area contributed by atoms with Gasteiger partial charge in [-0.2, -0.15) is 0 Å². The second-order valence-corrected chi connectivity index (χ2v) is 8.04. The standard InChI is InChI=1S/C20H26N4O2S/c1-23(2)18(14-6-7-17-15(11-14)8-9-24(17)3)13-22-20(26)19(25)21-12-16-5-4-10-27-16/h4-7,10-11,18H,8-9,12-13H2,1-3H3,(H,21,25)(H,22,26). The average molecular weight is 387 g/mol. The normalized spacial score (nSPS) is 14.1. The van der Waals surface area contributed by atoms with Gasteiger partial charge in [-0.05, 0) is 49.2 Å². The third-order valence-electron chi connectivity index (χ3n) is 4.90. The molecule has 27 heavy (non-hydrogen) atoms. The van der Waals surface area contributed by atoms with Gasteiger partial charge in [-0.3, -0.25) is 9.59 Å². The average Bonchev–Trinajstić information content (AvgIpc) is 3.29. The molecule has 0 saturated carbocycles. The molecule has 2 amide bonds. The molecule has 144 valence electrons. The van der Waals surface area contributed by atoms with Gasteiger partial charge in [0.25, 0.3) is 0 Å². The first-order chi connectivity index (χ1) is 13.0. The Hall–Kier alpha value is -2.38. The zero-order valence-corrected chi connectivity index (χ0v) is 16.8. The van der Waals surface area contributed by atoms with Crippen LogP contribution in [-0.4, -0.2) is 50.9 Å². The van der Waals surface area contributed by atoms with Crippen LogP contribution in [0.2, 0.25) is 0 Å². The Morgan fingerprint density at radius 3 is 2.70 bits per heavy atom. The monoisotopic (exact) mass is 386 g/mol. The van der Waals surface area contributed by atoms with Crippen LogP contribution in [0.15, 0.2) is 35.7 Å². The van der Waals surface area contributed by atoms with Crippen LogP contribution in [0.25, 0.3) is 0 Å². The molecule has 0 bridgehead atoms. The van der Waals surface area contributed by atoms with Gasteiger partial charge in [-0.15, -0.1) is 11.3 Å². The van der Waals surface area contributed by atoms with Crippen LogP contribution in [0.5, 0.6) is 0 Å². The molecule has 1 aromatic carbocycles. The molecule has 2 heterocycles. The van der Waals surface area contributed by atoms with Gasteiger partial charge >= 0.3 is 11.8 Å². The molecule has 2 N–H and O–H groups in total. The van der Waals surface area contributed by atoms with Crippen LogP contribution < -0.4 is 15.5 Å². The first-order valence-corrected chi connectivity index (χ1v) is 9.92. The van der Waals surface area contributed by atoms with Crippen molar-refractivity contribution < 1.29 is 9.59 Å². The predicted octanol–water partition coefficient (Wildman–Crippen LogP) is 1.78. The summed E-state index contributed by atoms with van der Waals surface area (Å²) < 4.78 is 0. The van der Waals surface area contributed by atoms with Crippen LogP contribution in [0.3, 0.4) is 0 Å². The molecule has 0 radical (unpaired) electrons. The van der Waals surface area contributed by atoms with E-state index in [0.717, 1.165) is 23.4 Å². The van der Waals surface area contributed by atoms with Gasteiger partial charge in [0.2, 0.25) is 0 Å². The van der Waals surface area contributed by atoms with Crippen LogP contribution >= 0.6 is 11.3 Å². The molecule has 0 aliphatic carbocycles. The zero-order valence-electron chi connectivity index (χ0n) is 16.0. The van der Waals surface area contributed by atoms with E-state index in [0.29, 0.717) is 13.1 Å². The highest BCUT2D eigenvalue weighted by Gasteiger charge is 2.22. The third kappa shape index (κ3) is 4.67. The number of nitrogens with zero attached hydrogens (tertiary/aromatic N) is 2. The van der Waals surface area contributed by atoms with Crippen molar-refractivity contribution in [1.29, 1.82) is 0 Å². The van der Waals surface area contributed by atoms with Crippen molar-refractivity contribution in [2.24, 2.45) is 0 Å². The summed E-state index contributed by atoms with van der Waals surface area (Å²) in [5.41, 5.74) is 3.75. The van der Waals surface area contributed by atoms with E-state index >= 15 is 0 Å². The summed E-state index contributed by atoms with van der Waals surface area (Å²) in [5.74, 6) is -1.20. The number of hydrogen-bond acceptors (Lipinski definition) is 5. The maximum absolute atomic E-state index is 12.1. The van der Waals surface area contributed by atoms with Crippen molar-refractivity contribution in [3.8, 4) is 0 Å². The smallest absolute Gasteiger partial charge is 0.309 e. The lowest BCUT2D eigenvalue weighted by Gasteiger charge is -2.26.